The zero-order chi connectivity index (χ0) is 11.1. The van der Waals surface area contributed by atoms with Gasteiger partial charge in [0.05, 0.1) is 13.2 Å². The molecule has 88 valence electrons. The van der Waals surface area contributed by atoms with Crippen LogP contribution in [0.1, 0.15) is 39.5 Å². The summed E-state index contributed by atoms with van der Waals surface area (Å²) in [6, 6.07) is 0. The molecule has 1 heterocycles. The molecule has 0 aromatic heterocycles. The van der Waals surface area contributed by atoms with Crippen molar-refractivity contribution in [2.24, 2.45) is 10.9 Å². The molecule has 0 amide bonds. The van der Waals surface area contributed by atoms with Crippen LogP contribution >= 0.6 is 0 Å². The van der Waals surface area contributed by atoms with Crippen LogP contribution < -0.4 is 0 Å². The van der Waals surface area contributed by atoms with E-state index in [1.807, 2.05) is 0 Å². The highest BCUT2D eigenvalue weighted by Crippen LogP contribution is 2.19. The van der Waals surface area contributed by atoms with Gasteiger partial charge in [-0.05, 0) is 12.8 Å². The van der Waals surface area contributed by atoms with E-state index in [4.69, 9.17) is 5.11 Å². The van der Waals surface area contributed by atoms with E-state index in [9.17, 15) is 0 Å². The van der Waals surface area contributed by atoms with Gasteiger partial charge in [-0.25, -0.2) is 0 Å². The first-order chi connectivity index (χ1) is 7.33. The van der Waals surface area contributed by atoms with Crippen molar-refractivity contribution in [3.8, 4) is 0 Å². The van der Waals surface area contributed by atoms with Gasteiger partial charge in [0.15, 0.2) is 0 Å². The van der Waals surface area contributed by atoms with E-state index < -0.39 is 0 Å². The van der Waals surface area contributed by atoms with Gasteiger partial charge in [-0.15, -0.1) is 0 Å². The molecular formula is C12H24N2O. The summed E-state index contributed by atoms with van der Waals surface area (Å²) in [4.78, 5) is 6.85. The molecule has 15 heavy (non-hydrogen) atoms. The van der Waals surface area contributed by atoms with Crippen molar-refractivity contribution in [2.45, 2.75) is 39.5 Å². The van der Waals surface area contributed by atoms with E-state index >= 15 is 0 Å². The smallest absolute Gasteiger partial charge is 0.102 e. The maximum absolute atomic E-state index is 8.98. The second-order valence-electron chi connectivity index (χ2n) is 4.20. The fourth-order valence-electron chi connectivity index (χ4n) is 2.20. The molecule has 0 aromatic carbocycles. The maximum atomic E-state index is 8.98. The van der Waals surface area contributed by atoms with Crippen LogP contribution in [0.25, 0.3) is 0 Å². The first-order valence-corrected chi connectivity index (χ1v) is 6.23. The monoisotopic (exact) mass is 212 g/mol. The highest BCUT2D eigenvalue weighted by Gasteiger charge is 2.23. The van der Waals surface area contributed by atoms with Crippen LogP contribution in [0.5, 0.6) is 0 Å². The predicted molar refractivity (Wildman–Crippen MR) is 64.3 cm³/mol. The topological polar surface area (TPSA) is 35.8 Å². The minimum Gasteiger partial charge on any atom is -0.395 e. The third-order valence-corrected chi connectivity index (χ3v) is 3.10. The minimum atomic E-state index is 0.239. The number of rotatable bonds is 7. The van der Waals surface area contributed by atoms with Crippen LogP contribution in [0.15, 0.2) is 4.99 Å². The summed E-state index contributed by atoms with van der Waals surface area (Å²) >= 11 is 0. The van der Waals surface area contributed by atoms with Crippen molar-refractivity contribution < 1.29 is 5.11 Å². The van der Waals surface area contributed by atoms with Gasteiger partial charge in [0.2, 0.25) is 0 Å². The van der Waals surface area contributed by atoms with Crippen LogP contribution in [0.2, 0.25) is 0 Å². The summed E-state index contributed by atoms with van der Waals surface area (Å²) in [5.74, 6) is 1.86. The Morgan fingerprint density at radius 2 is 2.27 bits per heavy atom. The van der Waals surface area contributed by atoms with Gasteiger partial charge >= 0.3 is 0 Å². The molecule has 0 aromatic rings. The molecule has 0 bridgehead atoms. The second-order valence-corrected chi connectivity index (χ2v) is 4.20. The lowest BCUT2D eigenvalue weighted by Gasteiger charge is -2.25. The van der Waals surface area contributed by atoms with Gasteiger partial charge < -0.3 is 10.0 Å². The number of unbranched alkanes of at least 4 members (excludes halogenated alkanes) is 1. The fraction of sp³-hybridized carbons (Fsp3) is 0.917. The van der Waals surface area contributed by atoms with E-state index in [0.717, 1.165) is 19.6 Å². The van der Waals surface area contributed by atoms with E-state index in [0.29, 0.717) is 5.92 Å². The molecule has 0 radical (unpaired) electrons. The number of amidine groups is 1. The average molecular weight is 212 g/mol. The van der Waals surface area contributed by atoms with Crippen molar-refractivity contribution in [1.29, 1.82) is 0 Å². The molecule has 1 N–H and O–H groups in total. The predicted octanol–water partition coefficient (Wildman–Crippen LogP) is 1.91. The molecule has 3 nitrogen and oxygen atoms in total. The quantitative estimate of drug-likeness (QED) is 0.699. The fourth-order valence-corrected chi connectivity index (χ4v) is 2.20. The van der Waals surface area contributed by atoms with E-state index in [-0.39, 0.29) is 6.61 Å². The largest absolute Gasteiger partial charge is 0.395 e. The Kier molecular flexibility index (Phi) is 5.69. The Balaban J connectivity index is 2.50. The van der Waals surface area contributed by atoms with Crippen molar-refractivity contribution in [3.63, 3.8) is 0 Å². The van der Waals surface area contributed by atoms with Gasteiger partial charge in [-0.2, -0.15) is 0 Å². The van der Waals surface area contributed by atoms with E-state index in [1.165, 1.54) is 31.5 Å². The van der Waals surface area contributed by atoms with Crippen LogP contribution in [-0.4, -0.2) is 42.1 Å². The van der Waals surface area contributed by atoms with Gasteiger partial charge in [-0.1, -0.05) is 26.7 Å². The molecule has 1 atom stereocenters. The molecule has 0 saturated heterocycles. The third-order valence-electron chi connectivity index (χ3n) is 3.10. The number of hydrogen-bond acceptors (Lipinski definition) is 3. The van der Waals surface area contributed by atoms with Crippen LogP contribution in [-0.2, 0) is 0 Å². The Hall–Kier alpha value is -0.570. The lowest BCUT2D eigenvalue weighted by atomic mass is 9.97. The number of β-amino-alcohol motifs (C(OH)–C–C–N with tert-alkyl or cyclic N) is 1. The van der Waals surface area contributed by atoms with Gasteiger partial charge in [0.25, 0.3) is 0 Å². The summed E-state index contributed by atoms with van der Waals surface area (Å²) in [6.07, 6.45) is 4.95. The molecular weight excluding hydrogens is 188 g/mol. The molecule has 0 saturated carbocycles. The normalized spacial score (nSPS) is 18.1. The van der Waals surface area contributed by atoms with Crippen molar-refractivity contribution in [1.82, 2.24) is 4.90 Å². The van der Waals surface area contributed by atoms with Gasteiger partial charge in [0.1, 0.15) is 5.84 Å². The van der Waals surface area contributed by atoms with E-state index in [1.54, 1.807) is 0 Å². The Labute approximate surface area is 93.2 Å². The first-order valence-electron chi connectivity index (χ1n) is 6.23. The minimum absolute atomic E-state index is 0.239. The second kappa shape index (κ2) is 6.83. The zero-order valence-electron chi connectivity index (χ0n) is 10.1. The molecule has 3 heteroatoms. The van der Waals surface area contributed by atoms with Crippen molar-refractivity contribution in [2.75, 3.05) is 26.2 Å². The highest BCUT2D eigenvalue weighted by atomic mass is 16.3. The third kappa shape index (κ3) is 3.49. The Morgan fingerprint density at radius 1 is 1.47 bits per heavy atom. The summed E-state index contributed by atoms with van der Waals surface area (Å²) in [5, 5.41) is 8.98. The summed E-state index contributed by atoms with van der Waals surface area (Å²) in [6.45, 7) is 7.37. The zero-order valence-corrected chi connectivity index (χ0v) is 10.1. The van der Waals surface area contributed by atoms with Gasteiger partial charge in [0, 0.05) is 19.0 Å². The van der Waals surface area contributed by atoms with Gasteiger partial charge in [-0.3, -0.25) is 4.99 Å². The summed E-state index contributed by atoms with van der Waals surface area (Å²) < 4.78 is 0. The highest BCUT2D eigenvalue weighted by molar-refractivity contribution is 5.86. The lowest BCUT2D eigenvalue weighted by Crippen LogP contribution is -2.35. The average Bonchev–Trinajstić information content (AvgIpc) is 2.68. The van der Waals surface area contributed by atoms with Crippen molar-refractivity contribution >= 4 is 5.84 Å². The van der Waals surface area contributed by atoms with E-state index in [2.05, 4.69) is 23.7 Å². The lowest BCUT2D eigenvalue weighted by molar-refractivity contribution is 0.252. The molecule has 0 aliphatic carbocycles. The van der Waals surface area contributed by atoms with Crippen LogP contribution in [0.3, 0.4) is 0 Å². The summed E-state index contributed by atoms with van der Waals surface area (Å²) in [7, 11) is 0. The molecule has 1 rings (SSSR count). The molecule has 1 unspecified atom stereocenters. The summed E-state index contributed by atoms with van der Waals surface area (Å²) in [5.41, 5.74) is 0. The Morgan fingerprint density at radius 3 is 2.87 bits per heavy atom. The molecule has 1 aliphatic rings. The number of nitrogens with zero attached hydrogens (tertiary/aromatic N) is 2. The van der Waals surface area contributed by atoms with Crippen LogP contribution in [0.4, 0.5) is 0 Å². The number of aliphatic hydroxyl groups excluding tert-OH is 1. The standard InChI is InChI=1S/C12H24N2O/c1-3-5-6-11(4-2)12-13-7-8-14(12)9-10-15/h11,15H,3-10H2,1-2H3. The number of aliphatic hydroxyl groups is 1. The molecule has 0 spiro atoms. The first kappa shape index (κ1) is 12.5. The SMILES string of the molecule is CCCCC(CC)C1=NCCN1CCO. The molecule has 1 aliphatic heterocycles. The maximum Gasteiger partial charge on any atom is 0.102 e. The number of aliphatic imine (C=N–C) groups is 1. The van der Waals surface area contributed by atoms with Crippen molar-refractivity contribution in [3.05, 3.63) is 0 Å². The van der Waals surface area contributed by atoms with Crippen LogP contribution in [0, 0.1) is 5.92 Å². The number of hydrogen-bond donors (Lipinski definition) is 1. The molecule has 0 fully saturated rings. The Bertz CT molecular complexity index is 204.